The molecule has 0 amide bonds. The molecule has 0 heterocycles. The van der Waals surface area contributed by atoms with Gasteiger partial charge in [-0.15, -0.1) is 0 Å². The predicted molar refractivity (Wildman–Crippen MR) is 67.9 cm³/mol. The SMILES string of the molecule is C[C@@H](N)c1ccc(F)cc1OCC1(O)CCCC1. The van der Waals surface area contributed by atoms with Crippen molar-refractivity contribution < 1.29 is 14.2 Å². The lowest BCUT2D eigenvalue weighted by Gasteiger charge is -2.23. The number of hydrogen-bond donors (Lipinski definition) is 2. The maximum Gasteiger partial charge on any atom is 0.127 e. The summed E-state index contributed by atoms with van der Waals surface area (Å²) in [6.07, 6.45) is 3.53. The van der Waals surface area contributed by atoms with Crippen LogP contribution >= 0.6 is 0 Å². The number of benzene rings is 1. The Morgan fingerprint density at radius 1 is 1.44 bits per heavy atom. The van der Waals surface area contributed by atoms with Crippen LogP contribution in [0.25, 0.3) is 0 Å². The Labute approximate surface area is 107 Å². The molecule has 1 saturated carbocycles. The first kappa shape index (κ1) is 13.3. The van der Waals surface area contributed by atoms with Crippen molar-refractivity contribution in [3.63, 3.8) is 0 Å². The summed E-state index contributed by atoms with van der Waals surface area (Å²) >= 11 is 0. The monoisotopic (exact) mass is 253 g/mol. The Kier molecular flexibility index (Phi) is 3.88. The molecule has 100 valence electrons. The average Bonchev–Trinajstić information content (AvgIpc) is 2.74. The normalized spacial score (nSPS) is 19.8. The molecule has 18 heavy (non-hydrogen) atoms. The number of aliphatic hydroxyl groups is 1. The summed E-state index contributed by atoms with van der Waals surface area (Å²) in [7, 11) is 0. The summed E-state index contributed by atoms with van der Waals surface area (Å²) in [4.78, 5) is 0. The van der Waals surface area contributed by atoms with Crippen molar-refractivity contribution in [2.24, 2.45) is 5.73 Å². The van der Waals surface area contributed by atoms with Crippen LogP contribution in [0.1, 0.15) is 44.2 Å². The van der Waals surface area contributed by atoms with Gasteiger partial charge >= 0.3 is 0 Å². The van der Waals surface area contributed by atoms with E-state index in [9.17, 15) is 9.50 Å². The maximum atomic E-state index is 13.2. The minimum absolute atomic E-state index is 0.205. The molecule has 3 N–H and O–H groups in total. The van der Waals surface area contributed by atoms with Gasteiger partial charge in [0.05, 0.1) is 5.60 Å². The second-order valence-electron chi connectivity index (χ2n) is 5.19. The quantitative estimate of drug-likeness (QED) is 0.867. The Hall–Kier alpha value is -1.13. The molecule has 2 rings (SSSR count). The molecule has 0 unspecified atom stereocenters. The highest BCUT2D eigenvalue weighted by Crippen LogP contribution is 2.31. The van der Waals surface area contributed by atoms with Crippen LogP contribution in [-0.4, -0.2) is 17.3 Å². The van der Waals surface area contributed by atoms with Gasteiger partial charge < -0.3 is 15.6 Å². The fourth-order valence-corrected chi connectivity index (χ4v) is 2.40. The lowest BCUT2D eigenvalue weighted by Crippen LogP contribution is -2.32. The van der Waals surface area contributed by atoms with E-state index in [1.54, 1.807) is 6.07 Å². The van der Waals surface area contributed by atoms with E-state index in [0.29, 0.717) is 5.75 Å². The summed E-state index contributed by atoms with van der Waals surface area (Å²) in [5.74, 6) is 0.0816. The van der Waals surface area contributed by atoms with Crippen LogP contribution in [0.2, 0.25) is 0 Å². The molecular formula is C14H20FNO2. The van der Waals surface area contributed by atoms with Crippen LogP contribution in [0, 0.1) is 5.82 Å². The molecule has 4 heteroatoms. The molecule has 1 aliphatic rings. The van der Waals surface area contributed by atoms with E-state index in [1.165, 1.54) is 12.1 Å². The van der Waals surface area contributed by atoms with Gasteiger partial charge in [0, 0.05) is 17.7 Å². The highest BCUT2D eigenvalue weighted by Gasteiger charge is 2.32. The van der Waals surface area contributed by atoms with Gasteiger partial charge in [0.1, 0.15) is 18.2 Å². The molecule has 3 nitrogen and oxygen atoms in total. The molecule has 0 bridgehead atoms. The van der Waals surface area contributed by atoms with Crippen LogP contribution in [0.15, 0.2) is 18.2 Å². The van der Waals surface area contributed by atoms with Crippen molar-refractivity contribution in [1.29, 1.82) is 0 Å². The summed E-state index contributed by atoms with van der Waals surface area (Å²) in [5, 5.41) is 10.2. The highest BCUT2D eigenvalue weighted by atomic mass is 19.1. The number of ether oxygens (including phenoxy) is 1. The molecular weight excluding hydrogens is 233 g/mol. The van der Waals surface area contributed by atoms with E-state index in [0.717, 1.165) is 31.2 Å². The third-order valence-corrected chi connectivity index (χ3v) is 3.50. The van der Waals surface area contributed by atoms with Crippen LogP contribution < -0.4 is 10.5 Å². The second kappa shape index (κ2) is 5.24. The third kappa shape index (κ3) is 3.00. The number of halogens is 1. The zero-order valence-corrected chi connectivity index (χ0v) is 10.7. The van der Waals surface area contributed by atoms with Crippen molar-refractivity contribution in [1.82, 2.24) is 0 Å². The van der Waals surface area contributed by atoms with Crippen LogP contribution in [-0.2, 0) is 0 Å². The lowest BCUT2D eigenvalue weighted by molar-refractivity contribution is 0.000962. The molecule has 0 aliphatic heterocycles. The molecule has 1 fully saturated rings. The van der Waals surface area contributed by atoms with E-state index >= 15 is 0 Å². The van der Waals surface area contributed by atoms with E-state index < -0.39 is 5.60 Å². The Morgan fingerprint density at radius 2 is 2.11 bits per heavy atom. The molecule has 0 radical (unpaired) electrons. The van der Waals surface area contributed by atoms with Crippen LogP contribution in [0.5, 0.6) is 5.75 Å². The average molecular weight is 253 g/mol. The van der Waals surface area contributed by atoms with Gasteiger partial charge in [-0.2, -0.15) is 0 Å². The van der Waals surface area contributed by atoms with E-state index in [1.807, 2.05) is 6.92 Å². The molecule has 1 aromatic rings. The largest absolute Gasteiger partial charge is 0.490 e. The first-order valence-electron chi connectivity index (χ1n) is 6.40. The Morgan fingerprint density at radius 3 is 2.72 bits per heavy atom. The zero-order chi connectivity index (χ0) is 13.2. The Bertz CT molecular complexity index is 414. The van der Waals surface area contributed by atoms with Crippen LogP contribution in [0.3, 0.4) is 0 Å². The van der Waals surface area contributed by atoms with Crippen molar-refractivity contribution >= 4 is 0 Å². The summed E-state index contributed by atoms with van der Waals surface area (Å²) in [5.41, 5.74) is 5.82. The molecule has 0 spiro atoms. The smallest absolute Gasteiger partial charge is 0.127 e. The molecule has 1 aromatic carbocycles. The third-order valence-electron chi connectivity index (χ3n) is 3.50. The number of hydrogen-bond acceptors (Lipinski definition) is 3. The summed E-state index contributed by atoms with van der Waals surface area (Å²) in [6.45, 7) is 2.03. The second-order valence-corrected chi connectivity index (χ2v) is 5.19. The highest BCUT2D eigenvalue weighted by molar-refractivity contribution is 5.36. The van der Waals surface area contributed by atoms with Gasteiger partial charge in [-0.25, -0.2) is 4.39 Å². The summed E-state index contributed by atoms with van der Waals surface area (Å²) < 4.78 is 18.8. The predicted octanol–water partition coefficient (Wildman–Crippen LogP) is 2.53. The fraction of sp³-hybridized carbons (Fsp3) is 0.571. The van der Waals surface area contributed by atoms with Crippen molar-refractivity contribution in [2.45, 2.75) is 44.2 Å². The van der Waals surface area contributed by atoms with E-state index in [2.05, 4.69) is 0 Å². The van der Waals surface area contributed by atoms with Gasteiger partial charge in [0.15, 0.2) is 0 Å². The van der Waals surface area contributed by atoms with E-state index in [-0.39, 0.29) is 18.5 Å². The van der Waals surface area contributed by atoms with Crippen molar-refractivity contribution in [2.75, 3.05) is 6.61 Å². The fourth-order valence-electron chi connectivity index (χ4n) is 2.40. The standard InChI is InChI=1S/C14H20FNO2/c1-10(16)12-5-4-11(15)8-13(12)18-9-14(17)6-2-3-7-14/h4-5,8,10,17H,2-3,6-7,9,16H2,1H3/t10-/m1/s1. The van der Waals surface area contributed by atoms with Gasteiger partial charge in [-0.3, -0.25) is 0 Å². The van der Waals surface area contributed by atoms with Gasteiger partial charge in [-0.1, -0.05) is 18.9 Å². The molecule has 1 atom stereocenters. The first-order valence-corrected chi connectivity index (χ1v) is 6.40. The summed E-state index contributed by atoms with van der Waals surface area (Å²) in [6, 6.07) is 4.11. The number of rotatable bonds is 4. The topological polar surface area (TPSA) is 55.5 Å². The van der Waals surface area contributed by atoms with Gasteiger partial charge in [0.25, 0.3) is 0 Å². The van der Waals surface area contributed by atoms with Crippen LogP contribution in [0.4, 0.5) is 4.39 Å². The maximum absolute atomic E-state index is 13.2. The minimum Gasteiger partial charge on any atom is -0.490 e. The number of nitrogens with two attached hydrogens (primary N) is 1. The van der Waals surface area contributed by atoms with Crippen molar-refractivity contribution in [3.8, 4) is 5.75 Å². The zero-order valence-electron chi connectivity index (χ0n) is 10.7. The molecule has 1 aliphatic carbocycles. The van der Waals surface area contributed by atoms with E-state index in [4.69, 9.17) is 10.5 Å². The minimum atomic E-state index is -0.762. The van der Waals surface area contributed by atoms with Crippen molar-refractivity contribution in [3.05, 3.63) is 29.6 Å². The Balaban J connectivity index is 2.10. The van der Waals surface area contributed by atoms with Gasteiger partial charge in [0.2, 0.25) is 0 Å². The van der Waals surface area contributed by atoms with Gasteiger partial charge in [-0.05, 0) is 25.8 Å². The lowest BCUT2D eigenvalue weighted by atomic mass is 10.0. The molecule has 0 aromatic heterocycles. The first-order chi connectivity index (χ1) is 8.50. The molecule has 0 saturated heterocycles.